The minimum Gasteiger partial charge on any atom is -0.397 e. The molecule has 1 atom stereocenters. The van der Waals surface area contributed by atoms with Crippen molar-refractivity contribution in [2.75, 3.05) is 12.8 Å². The number of fused-ring (bicyclic) bond motifs is 1. The molecule has 2 N–H and O–H groups in total. The summed E-state index contributed by atoms with van der Waals surface area (Å²) in [6.07, 6.45) is 0.980. The van der Waals surface area contributed by atoms with Crippen LogP contribution < -0.4 is 5.73 Å². The highest BCUT2D eigenvalue weighted by Crippen LogP contribution is 2.36. The molecule has 0 saturated carbocycles. The molecule has 0 aliphatic rings. The molecule has 0 fully saturated rings. The third-order valence-corrected chi connectivity index (χ3v) is 5.13. The van der Waals surface area contributed by atoms with Gasteiger partial charge in [-0.1, -0.05) is 13.8 Å². The molecular weight excluding hydrogens is 284 g/mol. The minimum absolute atomic E-state index is 0.00116. The van der Waals surface area contributed by atoms with Crippen molar-refractivity contribution < 1.29 is 4.79 Å². The zero-order chi connectivity index (χ0) is 15.9. The molecule has 2 rings (SSSR count). The van der Waals surface area contributed by atoms with Gasteiger partial charge < -0.3 is 10.6 Å². The Kier molecular flexibility index (Phi) is 4.27. The molecular formula is C15H24N4OS. The Morgan fingerprint density at radius 3 is 2.57 bits per heavy atom. The average molecular weight is 308 g/mol. The first kappa shape index (κ1) is 15.8. The summed E-state index contributed by atoms with van der Waals surface area (Å²) in [7, 11) is 3.73. The van der Waals surface area contributed by atoms with Crippen molar-refractivity contribution in [3.8, 4) is 0 Å². The predicted molar refractivity (Wildman–Crippen MR) is 88.8 cm³/mol. The average Bonchev–Trinajstić information content (AvgIpc) is 2.86. The van der Waals surface area contributed by atoms with Gasteiger partial charge in [0.15, 0.2) is 0 Å². The maximum Gasteiger partial charge on any atom is 0.266 e. The number of hydrogen-bond acceptors (Lipinski definition) is 4. The number of thiophene rings is 1. The first-order valence-electron chi connectivity index (χ1n) is 7.22. The van der Waals surface area contributed by atoms with Gasteiger partial charge in [-0.05, 0) is 26.2 Å². The van der Waals surface area contributed by atoms with Gasteiger partial charge in [0.2, 0.25) is 0 Å². The summed E-state index contributed by atoms with van der Waals surface area (Å²) in [5.74, 6) is 0.558. The first-order valence-corrected chi connectivity index (χ1v) is 8.04. The molecule has 0 aromatic carbocycles. The van der Waals surface area contributed by atoms with Crippen LogP contribution in [0.3, 0.4) is 0 Å². The molecule has 21 heavy (non-hydrogen) atoms. The molecule has 0 spiro atoms. The van der Waals surface area contributed by atoms with E-state index >= 15 is 0 Å². The van der Waals surface area contributed by atoms with Crippen LogP contribution in [0.4, 0.5) is 5.69 Å². The van der Waals surface area contributed by atoms with E-state index in [4.69, 9.17) is 5.73 Å². The van der Waals surface area contributed by atoms with E-state index in [0.29, 0.717) is 16.5 Å². The lowest BCUT2D eigenvalue weighted by atomic mass is 10.0. The first-order chi connectivity index (χ1) is 9.73. The summed E-state index contributed by atoms with van der Waals surface area (Å²) >= 11 is 1.43. The summed E-state index contributed by atoms with van der Waals surface area (Å²) in [6.45, 7) is 8.33. The van der Waals surface area contributed by atoms with Gasteiger partial charge in [-0.25, -0.2) is 0 Å². The lowest BCUT2D eigenvalue weighted by Crippen LogP contribution is -2.35. The van der Waals surface area contributed by atoms with E-state index < -0.39 is 0 Å². The number of aromatic nitrogens is 2. The van der Waals surface area contributed by atoms with Crippen molar-refractivity contribution >= 4 is 33.1 Å². The van der Waals surface area contributed by atoms with Gasteiger partial charge in [-0.2, -0.15) is 5.10 Å². The fraction of sp³-hybridized carbons (Fsp3) is 0.600. The number of anilines is 1. The maximum atomic E-state index is 12.7. The molecule has 0 saturated heterocycles. The predicted octanol–water partition coefficient (Wildman–Crippen LogP) is 3.03. The van der Waals surface area contributed by atoms with Crippen LogP contribution in [0.1, 0.15) is 42.6 Å². The normalized spacial score (nSPS) is 13.1. The lowest BCUT2D eigenvalue weighted by Gasteiger charge is -2.26. The van der Waals surface area contributed by atoms with Crippen LogP contribution in [0, 0.1) is 12.8 Å². The van der Waals surface area contributed by atoms with E-state index in [9.17, 15) is 4.79 Å². The largest absolute Gasteiger partial charge is 0.397 e. The number of carbonyl (C=O) groups excluding carboxylic acids is 1. The fourth-order valence-electron chi connectivity index (χ4n) is 2.69. The van der Waals surface area contributed by atoms with Crippen molar-refractivity contribution in [3.63, 3.8) is 0 Å². The van der Waals surface area contributed by atoms with Gasteiger partial charge >= 0.3 is 0 Å². The van der Waals surface area contributed by atoms with Crippen LogP contribution >= 0.6 is 11.3 Å². The van der Waals surface area contributed by atoms with Gasteiger partial charge in [-0.3, -0.25) is 9.48 Å². The van der Waals surface area contributed by atoms with Gasteiger partial charge in [-0.15, -0.1) is 11.3 Å². The molecule has 1 unspecified atom stereocenters. The Morgan fingerprint density at radius 2 is 2.05 bits per heavy atom. The van der Waals surface area contributed by atoms with Crippen molar-refractivity contribution in [2.45, 2.75) is 40.2 Å². The Labute approximate surface area is 129 Å². The number of amides is 1. The second-order valence-corrected chi connectivity index (χ2v) is 7.13. The Balaban J connectivity index is 2.35. The van der Waals surface area contributed by atoms with Crippen LogP contribution in [0.15, 0.2) is 0 Å². The summed E-state index contributed by atoms with van der Waals surface area (Å²) in [5.41, 5.74) is 7.64. The molecule has 116 valence electrons. The van der Waals surface area contributed by atoms with Crippen LogP contribution in [0.5, 0.6) is 0 Å². The molecule has 1 amide bonds. The third-order valence-electron chi connectivity index (χ3n) is 3.87. The second kappa shape index (κ2) is 5.67. The zero-order valence-electron chi connectivity index (χ0n) is 13.6. The van der Waals surface area contributed by atoms with E-state index in [2.05, 4.69) is 25.9 Å². The van der Waals surface area contributed by atoms with Gasteiger partial charge in [0, 0.05) is 20.1 Å². The monoisotopic (exact) mass is 308 g/mol. The molecule has 0 aliphatic heterocycles. The number of carbonyl (C=O) groups is 1. The van der Waals surface area contributed by atoms with E-state index in [1.54, 1.807) is 9.58 Å². The summed E-state index contributed by atoms with van der Waals surface area (Å²) in [4.78, 5) is 16.1. The van der Waals surface area contributed by atoms with Gasteiger partial charge in [0.05, 0.1) is 16.8 Å². The smallest absolute Gasteiger partial charge is 0.266 e. The Bertz CT molecular complexity index is 671. The van der Waals surface area contributed by atoms with E-state index in [-0.39, 0.29) is 11.9 Å². The highest BCUT2D eigenvalue weighted by Gasteiger charge is 2.25. The number of hydrogen-bond donors (Lipinski definition) is 1. The van der Waals surface area contributed by atoms with Gasteiger partial charge in [0.1, 0.15) is 9.71 Å². The van der Waals surface area contributed by atoms with Crippen molar-refractivity contribution in [1.82, 2.24) is 14.7 Å². The molecule has 6 heteroatoms. The highest BCUT2D eigenvalue weighted by atomic mass is 32.1. The molecule has 5 nitrogen and oxygen atoms in total. The quantitative estimate of drug-likeness (QED) is 0.944. The summed E-state index contributed by atoms with van der Waals surface area (Å²) < 4.78 is 1.79. The standard InChI is InChI=1S/C15H24N4OS/c1-8(2)7-9(3)18(5)14(20)13-12(16)11-10(4)17-19(6)15(11)21-13/h8-9H,7,16H2,1-6H3. The van der Waals surface area contributed by atoms with E-state index in [1.807, 2.05) is 21.0 Å². The molecule has 0 aliphatic carbocycles. The minimum atomic E-state index is 0.00116. The summed E-state index contributed by atoms with van der Waals surface area (Å²) in [6, 6.07) is 0.196. The highest BCUT2D eigenvalue weighted by molar-refractivity contribution is 7.21. The van der Waals surface area contributed by atoms with Gasteiger partial charge in [0.25, 0.3) is 5.91 Å². The van der Waals surface area contributed by atoms with E-state index in [1.165, 1.54) is 11.3 Å². The van der Waals surface area contributed by atoms with Crippen LogP contribution in [-0.2, 0) is 7.05 Å². The van der Waals surface area contributed by atoms with Crippen LogP contribution in [0.25, 0.3) is 10.2 Å². The molecule has 2 aromatic heterocycles. The van der Waals surface area contributed by atoms with Crippen molar-refractivity contribution in [3.05, 3.63) is 10.6 Å². The number of nitrogens with zero attached hydrogens (tertiary/aromatic N) is 3. The Hall–Kier alpha value is -1.56. The molecule has 0 radical (unpaired) electrons. The molecule has 2 aromatic rings. The fourth-order valence-corrected chi connectivity index (χ4v) is 3.86. The number of nitrogen functional groups attached to an aromatic ring is 1. The third kappa shape index (κ3) is 2.77. The van der Waals surface area contributed by atoms with Crippen molar-refractivity contribution in [2.24, 2.45) is 13.0 Å². The van der Waals surface area contributed by atoms with Crippen LogP contribution in [0.2, 0.25) is 0 Å². The topological polar surface area (TPSA) is 64.2 Å². The number of aryl methyl sites for hydroxylation is 2. The zero-order valence-corrected chi connectivity index (χ0v) is 14.4. The summed E-state index contributed by atoms with van der Waals surface area (Å²) in [5, 5.41) is 5.27. The SMILES string of the molecule is Cc1nn(C)c2sc(C(=O)N(C)C(C)CC(C)C)c(N)c12. The number of nitrogens with two attached hydrogens (primary N) is 1. The van der Waals surface area contributed by atoms with Crippen LogP contribution in [-0.4, -0.2) is 33.7 Å². The lowest BCUT2D eigenvalue weighted by molar-refractivity contribution is 0.0734. The maximum absolute atomic E-state index is 12.7. The Morgan fingerprint density at radius 1 is 1.43 bits per heavy atom. The number of rotatable bonds is 4. The van der Waals surface area contributed by atoms with E-state index in [0.717, 1.165) is 22.3 Å². The molecule has 2 heterocycles. The van der Waals surface area contributed by atoms with Crippen molar-refractivity contribution in [1.29, 1.82) is 0 Å². The molecule has 0 bridgehead atoms. The second-order valence-electron chi connectivity index (χ2n) is 6.13.